The van der Waals surface area contributed by atoms with Crippen molar-refractivity contribution in [2.75, 3.05) is 0 Å². The number of aromatic nitrogens is 1. The fourth-order valence-electron chi connectivity index (χ4n) is 3.29. The van der Waals surface area contributed by atoms with Crippen molar-refractivity contribution >= 4 is 11.8 Å². The first-order valence-electron chi connectivity index (χ1n) is 8.73. The second-order valence-corrected chi connectivity index (χ2v) is 6.47. The molecule has 1 aliphatic rings. The first-order chi connectivity index (χ1) is 12.1. The van der Waals surface area contributed by atoms with Gasteiger partial charge in [0.15, 0.2) is 0 Å². The van der Waals surface area contributed by atoms with Crippen molar-refractivity contribution in [3.05, 3.63) is 65.5 Å². The van der Waals surface area contributed by atoms with E-state index < -0.39 is 0 Å². The second-order valence-electron chi connectivity index (χ2n) is 6.47. The average molecular weight is 337 g/mol. The quantitative estimate of drug-likeness (QED) is 0.901. The lowest BCUT2D eigenvalue weighted by atomic mass is 9.89. The molecule has 1 aromatic carbocycles. The Morgan fingerprint density at radius 1 is 0.920 bits per heavy atom. The van der Waals surface area contributed by atoms with Crippen LogP contribution in [0.1, 0.15) is 52.1 Å². The van der Waals surface area contributed by atoms with Gasteiger partial charge in [0.05, 0.1) is 0 Å². The standard InChI is InChI=1S/C20H23N3O2/c1-14-8-2-3-9-15(14)19(24)22-16-10-4-5-11-17(16)23-20(25)18-12-6-7-13-21-18/h2-3,6-9,12-13,16-17H,4-5,10-11H2,1H3,(H,22,24)(H,23,25). The van der Waals surface area contributed by atoms with Crippen LogP contribution >= 0.6 is 0 Å². The molecule has 1 aromatic heterocycles. The Morgan fingerprint density at radius 2 is 1.56 bits per heavy atom. The van der Waals surface area contributed by atoms with Crippen molar-refractivity contribution in [1.82, 2.24) is 15.6 Å². The summed E-state index contributed by atoms with van der Waals surface area (Å²) in [6, 6.07) is 12.7. The Labute approximate surface area is 147 Å². The molecular weight excluding hydrogens is 314 g/mol. The molecule has 5 nitrogen and oxygen atoms in total. The highest BCUT2D eigenvalue weighted by Crippen LogP contribution is 2.20. The van der Waals surface area contributed by atoms with Gasteiger partial charge in [0.2, 0.25) is 0 Å². The van der Waals surface area contributed by atoms with Crippen molar-refractivity contribution in [1.29, 1.82) is 0 Å². The third-order valence-corrected chi connectivity index (χ3v) is 4.69. The van der Waals surface area contributed by atoms with E-state index in [0.717, 1.165) is 31.2 Å². The Morgan fingerprint density at radius 3 is 2.20 bits per heavy atom. The van der Waals surface area contributed by atoms with Crippen molar-refractivity contribution in [3.63, 3.8) is 0 Å². The van der Waals surface area contributed by atoms with E-state index in [1.165, 1.54) is 0 Å². The van der Waals surface area contributed by atoms with E-state index in [-0.39, 0.29) is 23.9 Å². The van der Waals surface area contributed by atoms with Gasteiger partial charge in [-0.05, 0) is 43.5 Å². The summed E-state index contributed by atoms with van der Waals surface area (Å²) in [5.74, 6) is -0.273. The molecule has 2 unspecified atom stereocenters. The van der Waals surface area contributed by atoms with E-state index in [1.807, 2.05) is 31.2 Å². The highest BCUT2D eigenvalue weighted by Gasteiger charge is 2.28. The van der Waals surface area contributed by atoms with Gasteiger partial charge in [-0.1, -0.05) is 37.1 Å². The lowest BCUT2D eigenvalue weighted by Gasteiger charge is -2.32. The Bertz CT molecular complexity index is 746. The molecule has 0 bridgehead atoms. The average Bonchev–Trinajstić information content (AvgIpc) is 2.64. The minimum absolute atomic E-state index is 0.0616. The first-order valence-corrected chi connectivity index (χ1v) is 8.73. The maximum atomic E-state index is 12.6. The summed E-state index contributed by atoms with van der Waals surface area (Å²) >= 11 is 0. The molecule has 1 aliphatic carbocycles. The van der Waals surface area contributed by atoms with Crippen molar-refractivity contribution in [2.24, 2.45) is 0 Å². The van der Waals surface area contributed by atoms with E-state index in [2.05, 4.69) is 15.6 Å². The zero-order valence-electron chi connectivity index (χ0n) is 14.4. The van der Waals surface area contributed by atoms with Crippen LogP contribution in [0, 0.1) is 6.92 Å². The number of hydrogen-bond acceptors (Lipinski definition) is 3. The number of hydrogen-bond donors (Lipinski definition) is 2. The molecule has 130 valence electrons. The SMILES string of the molecule is Cc1ccccc1C(=O)NC1CCCCC1NC(=O)c1ccccn1. The molecule has 5 heteroatoms. The Kier molecular flexibility index (Phi) is 5.43. The first kappa shape index (κ1) is 17.1. The van der Waals surface area contributed by atoms with Gasteiger partial charge < -0.3 is 10.6 Å². The maximum Gasteiger partial charge on any atom is 0.270 e. The van der Waals surface area contributed by atoms with E-state index in [9.17, 15) is 9.59 Å². The Hall–Kier alpha value is -2.69. The number of rotatable bonds is 4. The molecular formula is C20H23N3O2. The van der Waals surface area contributed by atoms with Crippen LogP contribution in [0.2, 0.25) is 0 Å². The number of amides is 2. The van der Waals surface area contributed by atoms with Crippen LogP contribution in [0.3, 0.4) is 0 Å². The molecule has 25 heavy (non-hydrogen) atoms. The van der Waals surface area contributed by atoms with Crippen LogP contribution < -0.4 is 10.6 Å². The second kappa shape index (κ2) is 7.92. The zero-order valence-corrected chi connectivity index (χ0v) is 14.4. The normalized spacial score (nSPS) is 19.9. The van der Waals surface area contributed by atoms with E-state index >= 15 is 0 Å². The fourth-order valence-corrected chi connectivity index (χ4v) is 3.29. The van der Waals surface area contributed by atoms with Gasteiger partial charge in [-0.3, -0.25) is 14.6 Å². The molecule has 3 rings (SSSR count). The van der Waals surface area contributed by atoms with Crippen LogP contribution in [0.5, 0.6) is 0 Å². The highest BCUT2D eigenvalue weighted by molar-refractivity contribution is 5.96. The number of nitrogens with one attached hydrogen (secondary N) is 2. The zero-order chi connectivity index (χ0) is 17.6. The topological polar surface area (TPSA) is 71.1 Å². The highest BCUT2D eigenvalue weighted by atomic mass is 16.2. The fraction of sp³-hybridized carbons (Fsp3) is 0.350. The van der Waals surface area contributed by atoms with Crippen molar-refractivity contribution in [3.8, 4) is 0 Å². The summed E-state index contributed by atoms with van der Waals surface area (Å²) in [6.07, 6.45) is 5.42. The summed E-state index contributed by atoms with van der Waals surface area (Å²) in [6.45, 7) is 1.93. The van der Waals surface area contributed by atoms with Crippen LogP contribution in [-0.4, -0.2) is 28.9 Å². The molecule has 0 spiro atoms. The number of carbonyl (C=O) groups is 2. The maximum absolute atomic E-state index is 12.6. The predicted molar refractivity (Wildman–Crippen MR) is 96.4 cm³/mol. The molecule has 0 radical (unpaired) electrons. The van der Waals surface area contributed by atoms with Gasteiger partial charge in [-0.15, -0.1) is 0 Å². The number of aryl methyl sites for hydroxylation is 1. The molecule has 1 heterocycles. The molecule has 0 saturated heterocycles. The number of benzene rings is 1. The van der Waals surface area contributed by atoms with Gasteiger partial charge in [-0.2, -0.15) is 0 Å². The van der Waals surface area contributed by atoms with E-state index in [0.29, 0.717) is 11.3 Å². The minimum Gasteiger partial charge on any atom is -0.347 e. The van der Waals surface area contributed by atoms with E-state index in [4.69, 9.17) is 0 Å². The van der Waals surface area contributed by atoms with Gasteiger partial charge >= 0.3 is 0 Å². The van der Waals surface area contributed by atoms with Gasteiger partial charge in [0, 0.05) is 23.8 Å². The molecule has 0 aliphatic heterocycles. The van der Waals surface area contributed by atoms with Crippen LogP contribution in [-0.2, 0) is 0 Å². The molecule has 1 saturated carbocycles. The number of pyridine rings is 1. The summed E-state index contributed by atoms with van der Waals surface area (Å²) in [5.41, 5.74) is 2.03. The van der Waals surface area contributed by atoms with E-state index in [1.54, 1.807) is 24.4 Å². The monoisotopic (exact) mass is 337 g/mol. The molecule has 2 aromatic rings. The summed E-state index contributed by atoms with van der Waals surface area (Å²) < 4.78 is 0. The molecule has 2 N–H and O–H groups in total. The molecule has 2 atom stereocenters. The van der Waals surface area contributed by atoms with Crippen molar-refractivity contribution < 1.29 is 9.59 Å². The third kappa shape index (κ3) is 4.24. The largest absolute Gasteiger partial charge is 0.347 e. The number of nitrogens with zero attached hydrogens (tertiary/aromatic N) is 1. The third-order valence-electron chi connectivity index (χ3n) is 4.69. The summed E-state index contributed by atoms with van der Waals surface area (Å²) in [7, 11) is 0. The lowest BCUT2D eigenvalue weighted by Crippen LogP contribution is -2.53. The molecule has 2 amide bonds. The minimum atomic E-state index is -0.192. The van der Waals surface area contributed by atoms with Crippen LogP contribution in [0.4, 0.5) is 0 Å². The molecule has 1 fully saturated rings. The van der Waals surface area contributed by atoms with Crippen LogP contribution in [0.25, 0.3) is 0 Å². The Balaban J connectivity index is 1.68. The summed E-state index contributed by atoms with van der Waals surface area (Å²) in [5, 5.41) is 6.15. The lowest BCUT2D eigenvalue weighted by molar-refractivity contribution is 0.0860. The van der Waals surface area contributed by atoms with Gasteiger partial charge in [-0.25, -0.2) is 0 Å². The van der Waals surface area contributed by atoms with Gasteiger partial charge in [0.1, 0.15) is 5.69 Å². The smallest absolute Gasteiger partial charge is 0.270 e. The summed E-state index contributed by atoms with van der Waals surface area (Å²) in [4.78, 5) is 29.1. The van der Waals surface area contributed by atoms with Crippen LogP contribution in [0.15, 0.2) is 48.7 Å². The predicted octanol–water partition coefficient (Wildman–Crippen LogP) is 2.86. The van der Waals surface area contributed by atoms with Gasteiger partial charge in [0.25, 0.3) is 11.8 Å². The number of carbonyl (C=O) groups excluding carboxylic acids is 2. The van der Waals surface area contributed by atoms with Crippen molar-refractivity contribution in [2.45, 2.75) is 44.7 Å².